The highest BCUT2D eigenvalue weighted by molar-refractivity contribution is 5.90. The van der Waals surface area contributed by atoms with E-state index in [4.69, 9.17) is 8.83 Å². The average molecular weight is 311 g/mol. The molecule has 2 aromatic heterocycles. The third-order valence-corrected chi connectivity index (χ3v) is 3.42. The Labute approximate surface area is 133 Å². The first-order chi connectivity index (χ1) is 11.1. The van der Waals surface area contributed by atoms with E-state index in [0.717, 1.165) is 22.6 Å². The van der Waals surface area contributed by atoms with E-state index in [-0.39, 0.29) is 12.3 Å². The molecular formula is C17H17N3O3. The second-order valence-corrected chi connectivity index (χ2v) is 5.31. The number of aromatic nitrogens is 2. The predicted molar refractivity (Wildman–Crippen MR) is 84.9 cm³/mol. The molecule has 0 unspecified atom stereocenters. The van der Waals surface area contributed by atoms with E-state index in [2.05, 4.69) is 15.5 Å². The molecule has 0 aliphatic carbocycles. The summed E-state index contributed by atoms with van der Waals surface area (Å²) in [5, 5.41) is 10.8. The van der Waals surface area contributed by atoms with Gasteiger partial charge in [0.05, 0.1) is 11.8 Å². The Bertz CT molecular complexity index is 820. The van der Waals surface area contributed by atoms with Crippen molar-refractivity contribution in [2.75, 3.05) is 5.32 Å². The van der Waals surface area contributed by atoms with Gasteiger partial charge < -0.3 is 14.2 Å². The van der Waals surface area contributed by atoms with Crippen molar-refractivity contribution in [3.8, 4) is 11.5 Å². The summed E-state index contributed by atoms with van der Waals surface area (Å²) >= 11 is 0. The largest absolute Gasteiger partial charge is 0.469 e. The molecule has 1 amide bonds. The van der Waals surface area contributed by atoms with Crippen LogP contribution in [0.1, 0.15) is 23.6 Å². The summed E-state index contributed by atoms with van der Waals surface area (Å²) in [5.41, 5.74) is 2.66. The Morgan fingerprint density at radius 2 is 2.09 bits per heavy atom. The van der Waals surface area contributed by atoms with Gasteiger partial charge in [0, 0.05) is 18.5 Å². The average Bonchev–Trinajstić information content (AvgIpc) is 3.13. The normalized spacial score (nSPS) is 10.7. The van der Waals surface area contributed by atoms with Crippen molar-refractivity contribution in [2.45, 2.75) is 26.7 Å². The summed E-state index contributed by atoms with van der Waals surface area (Å²) in [6.07, 6.45) is 2.24. The second kappa shape index (κ2) is 6.48. The minimum atomic E-state index is -0.0881. The monoisotopic (exact) mass is 311 g/mol. The van der Waals surface area contributed by atoms with Gasteiger partial charge in [-0.1, -0.05) is 12.1 Å². The minimum Gasteiger partial charge on any atom is -0.469 e. The van der Waals surface area contributed by atoms with E-state index < -0.39 is 0 Å². The maximum Gasteiger partial charge on any atom is 0.251 e. The van der Waals surface area contributed by atoms with Gasteiger partial charge in [-0.2, -0.15) is 0 Å². The van der Waals surface area contributed by atoms with Crippen LogP contribution in [0, 0.1) is 13.8 Å². The van der Waals surface area contributed by atoms with Crippen LogP contribution in [0.3, 0.4) is 0 Å². The van der Waals surface area contributed by atoms with E-state index in [1.54, 1.807) is 12.3 Å². The van der Waals surface area contributed by atoms with Gasteiger partial charge in [0.2, 0.25) is 11.8 Å². The molecule has 0 saturated carbocycles. The minimum absolute atomic E-state index is 0.0881. The maximum atomic E-state index is 12.0. The van der Waals surface area contributed by atoms with Crippen molar-refractivity contribution in [1.82, 2.24) is 10.2 Å². The number of furan rings is 1. The summed E-state index contributed by atoms with van der Waals surface area (Å²) in [6, 6.07) is 9.44. The number of rotatable bonds is 5. The number of hydrogen-bond acceptors (Lipinski definition) is 5. The van der Waals surface area contributed by atoms with Crippen molar-refractivity contribution in [3.05, 3.63) is 53.8 Å². The van der Waals surface area contributed by atoms with Gasteiger partial charge in [-0.05, 0) is 37.6 Å². The highest BCUT2D eigenvalue weighted by Crippen LogP contribution is 2.23. The summed E-state index contributed by atoms with van der Waals surface area (Å²) < 4.78 is 10.8. The first-order valence-electron chi connectivity index (χ1n) is 7.35. The zero-order chi connectivity index (χ0) is 16.2. The lowest BCUT2D eigenvalue weighted by molar-refractivity contribution is -0.116. The number of carbonyl (C=O) groups excluding carboxylic acids is 1. The molecule has 6 heteroatoms. The van der Waals surface area contributed by atoms with Crippen molar-refractivity contribution in [1.29, 1.82) is 0 Å². The van der Waals surface area contributed by atoms with Crippen LogP contribution in [-0.2, 0) is 11.2 Å². The first kappa shape index (κ1) is 15.0. The standard InChI is InChI=1S/C17H17N3O3/c1-11-4-3-5-13(10-11)18-15(21)6-7-16-19-20-17(23-16)14-8-9-22-12(14)2/h3-5,8-10H,6-7H2,1-2H3,(H,18,21). The number of carbonyl (C=O) groups is 1. The molecule has 0 atom stereocenters. The van der Waals surface area contributed by atoms with Gasteiger partial charge in [0.25, 0.3) is 5.89 Å². The third-order valence-electron chi connectivity index (χ3n) is 3.42. The molecule has 3 rings (SSSR count). The van der Waals surface area contributed by atoms with Crippen molar-refractivity contribution in [2.24, 2.45) is 0 Å². The van der Waals surface area contributed by atoms with Crippen molar-refractivity contribution >= 4 is 11.6 Å². The molecule has 118 valence electrons. The number of benzene rings is 1. The molecule has 0 saturated heterocycles. The maximum absolute atomic E-state index is 12.0. The molecule has 0 spiro atoms. The quantitative estimate of drug-likeness (QED) is 0.779. The second-order valence-electron chi connectivity index (χ2n) is 5.31. The van der Waals surface area contributed by atoms with Crippen LogP contribution in [0.15, 0.2) is 45.4 Å². The zero-order valence-electron chi connectivity index (χ0n) is 13.0. The topological polar surface area (TPSA) is 81.2 Å². The molecule has 3 aromatic rings. The molecule has 0 aliphatic heterocycles. The molecule has 1 aromatic carbocycles. The van der Waals surface area contributed by atoms with Crippen LogP contribution < -0.4 is 5.32 Å². The molecule has 6 nitrogen and oxygen atoms in total. The lowest BCUT2D eigenvalue weighted by Crippen LogP contribution is -2.12. The zero-order valence-corrected chi connectivity index (χ0v) is 13.0. The van der Waals surface area contributed by atoms with Crippen molar-refractivity contribution in [3.63, 3.8) is 0 Å². The van der Waals surface area contributed by atoms with E-state index in [1.165, 1.54) is 0 Å². The van der Waals surface area contributed by atoms with E-state index in [0.29, 0.717) is 18.2 Å². The SMILES string of the molecule is Cc1cccc(NC(=O)CCc2nnc(-c3ccoc3C)o2)c1. The summed E-state index contributed by atoms with van der Waals surface area (Å²) in [7, 11) is 0. The Morgan fingerprint density at radius 3 is 2.83 bits per heavy atom. The Balaban J connectivity index is 1.57. The highest BCUT2D eigenvalue weighted by Gasteiger charge is 2.13. The molecule has 0 aliphatic rings. The Morgan fingerprint density at radius 1 is 1.22 bits per heavy atom. The number of hydrogen-bond donors (Lipinski definition) is 1. The van der Waals surface area contributed by atoms with Gasteiger partial charge >= 0.3 is 0 Å². The smallest absolute Gasteiger partial charge is 0.251 e. The first-order valence-corrected chi connectivity index (χ1v) is 7.35. The molecule has 1 N–H and O–H groups in total. The van der Waals surface area contributed by atoms with Gasteiger partial charge in [-0.15, -0.1) is 10.2 Å². The Hall–Kier alpha value is -2.89. The highest BCUT2D eigenvalue weighted by atomic mass is 16.4. The molecule has 2 heterocycles. The summed E-state index contributed by atoms with van der Waals surface area (Å²) in [4.78, 5) is 12.0. The molecular weight excluding hydrogens is 294 g/mol. The summed E-state index contributed by atoms with van der Waals surface area (Å²) in [6.45, 7) is 3.81. The fourth-order valence-corrected chi connectivity index (χ4v) is 2.24. The van der Waals surface area contributed by atoms with Crippen molar-refractivity contribution < 1.29 is 13.6 Å². The van der Waals surface area contributed by atoms with Gasteiger partial charge in [-0.3, -0.25) is 4.79 Å². The molecule has 0 fully saturated rings. The lowest BCUT2D eigenvalue weighted by atomic mass is 10.2. The number of aryl methyl sites for hydroxylation is 3. The lowest BCUT2D eigenvalue weighted by Gasteiger charge is -2.04. The number of anilines is 1. The number of amides is 1. The van der Waals surface area contributed by atoms with Crippen LogP contribution in [0.25, 0.3) is 11.5 Å². The van der Waals surface area contributed by atoms with Crippen LogP contribution in [0.4, 0.5) is 5.69 Å². The predicted octanol–water partition coefficient (Wildman–Crippen LogP) is 3.52. The van der Waals surface area contributed by atoms with Crippen LogP contribution in [0.2, 0.25) is 0 Å². The number of nitrogens with zero attached hydrogens (tertiary/aromatic N) is 2. The molecule has 0 bridgehead atoms. The van der Waals surface area contributed by atoms with E-state index in [9.17, 15) is 4.79 Å². The van der Waals surface area contributed by atoms with Gasteiger partial charge in [0.15, 0.2) is 0 Å². The molecule has 0 radical (unpaired) electrons. The number of nitrogens with one attached hydrogen (secondary N) is 1. The fraction of sp³-hybridized carbons (Fsp3) is 0.235. The van der Waals surface area contributed by atoms with Gasteiger partial charge in [-0.25, -0.2) is 0 Å². The van der Waals surface area contributed by atoms with Crippen LogP contribution >= 0.6 is 0 Å². The third kappa shape index (κ3) is 3.66. The van der Waals surface area contributed by atoms with Crippen LogP contribution in [0.5, 0.6) is 0 Å². The summed E-state index contributed by atoms with van der Waals surface area (Å²) in [5.74, 6) is 1.47. The van der Waals surface area contributed by atoms with E-state index in [1.807, 2.05) is 38.1 Å². The van der Waals surface area contributed by atoms with Crippen LogP contribution in [-0.4, -0.2) is 16.1 Å². The van der Waals surface area contributed by atoms with Gasteiger partial charge in [0.1, 0.15) is 5.76 Å². The molecule has 23 heavy (non-hydrogen) atoms. The fourth-order valence-electron chi connectivity index (χ4n) is 2.24. The Kier molecular flexibility index (Phi) is 4.23. The van der Waals surface area contributed by atoms with E-state index >= 15 is 0 Å².